The van der Waals surface area contributed by atoms with Crippen molar-refractivity contribution in [1.82, 2.24) is 0 Å². The molecule has 0 fully saturated rings. The number of hydrogen-bond acceptors (Lipinski definition) is 3. The summed E-state index contributed by atoms with van der Waals surface area (Å²) in [4.78, 5) is 0. The maximum absolute atomic E-state index is 9.79. The van der Waals surface area contributed by atoms with Crippen LogP contribution >= 0.6 is 0 Å². The van der Waals surface area contributed by atoms with Crippen LogP contribution in [0, 0.1) is 0 Å². The van der Waals surface area contributed by atoms with Gasteiger partial charge in [0, 0.05) is 12.0 Å². The summed E-state index contributed by atoms with van der Waals surface area (Å²) in [6.07, 6.45) is 2.82. The molecule has 1 heterocycles. The minimum Gasteiger partial charge on any atom is -0.508 e. The van der Waals surface area contributed by atoms with Gasteiger partial charge in [-0.15, -0.1) is 0 Å². The van der Waals surface area contributed by atoms with Crippen LogP contribution < -0.4 is 10.5 Å². The summed E-state index contributed by atoms with van der Waals surface area (Å²) < 4.78 is 5.64. The average Bonchev–Trinajstić information content (AvgIpc) is 2.53. The van der Waals surface area contributed by atoms with E-state index in [4.69, 9.17) is 10.5 Å². The van der Waals surface area contributed by atoms with E-state index in [-0.39, 0.29) is 6.10 Å². The van der Waals surface area contributed by atoms with E-state index in [1.54, 1.807) is 0 Å². The van der Waals surface area contributed by atoms with Gasteiger partial charge in [-0.25, -0.2) is 0 Å². The Morgan fingerprint density at radius 1 is 1.53 bits per heavy atom. The second-order valence-electron chi connectivity index (χ2n) is 4.11. The van der Waals surface area contributed by atoms with E-state index < -0.39 is 0 Å². The molecule has 1 aliphatic heterocycles. The lowest BCUT2D eigenvalue weighted by atomic mass is 10.0. The lowest BCUT2D eigenvalue weighted by Gasteiger charge is -2.07. The first-order chi connectivity index (χ1) is 7.20. The molecule has 2 rings (SSSR count). The second kappa shape index (κ2) is 4.11. The smallest absolute Gasteiger partial charge is 0.123 e. The van der Waals surface area contributed by atoms with Crippen molar-refractivity contribution in [2.45, 2.75) is 32.3 Å². The average molecular weight is 207 g/mol. The van der Waals surface area contributed by atoms with Gasteiger partial charge in [0.2, 0.25) is 0 Å². The predicted octanol–water partition coefficient (Wildman–Crippen LogP) is 1.61. The zero-order valence-corrected chi connectivity index (χ0v) is 8.99. The molecule has 1 unspecified atom stereocenters. The fourth-order valence-corrected chi connectivity index (χ4v) is 1.98. The molecule has 82 valence electrons. The molecule has 0 aromatic heterocycles. The van der Waals surface area contributed by atoms with E-state index in [0.717, 1.165) is 36.1 Å². The molecule has 0 saturated carbocycles. The first-order valence-electron chi connectivity index (χ1n) is 5.42. The van der Waals surface area contributed by atoms with Crippen LogP contribution in [-0.2, 0) is 12.8 Å². The van der Waals surface area contributed by atoms with E-state index in [0.29, 0.717) is 12.3 Å². The number of benzene rings is 1. The lowest BCUT2D eigenvalue weighted by molar-refractivity contribution is 0.254. The molecule has 1 aromatic carbocycles. The molecular weight excluding hydrogens is 190 g/mol. The van der Waals surface area contributed by atoms with Crippen molar-refractivity contribution in [3.05, 3.63) is 23.3 Å². The van der Waals surface area contributed by atoms with Gasteiger partial charge in [0.15, 0.2) is 0 Å². The van der Waals surface area contributed by atoms with Crippen LogP contribution in [0.1, 0.15) is 24.5 Å². The van der Waals surface area contributed by atoms with Gasteiger partial charge >= 0.3 is 0 Å². The number of aryl methyl sites for hydroxylation is 1. The first kappa shape index (κ1) is 10.3. The van der Waals surface area contributed by atoms with Crippen molar-refractivity contribution in [2.24, 2.45) is 5.73 Å². The van der Waals surface area contributed by atoms with E-state index in [2.05, 4.69) is 0 Å². The molecule has 1 aromatic rings. The molecule has 1 atom stereocenters. The summed E-state index contributed by atoms with van der Waals surface area (Å²) in [5.74, 6) is 1.30. The monoisotopic (exact) mass is 207 g/mol. The Hall–Kier alpha value is -1.22. The van der Waals surface area contributed by atoms with Gasteiger partial charge in [-0.05, 0) is 44.0 Å². The van der Waals surface area contributed by atoms with Crippen molar-refractivity contribution in [1.29, 1.82) is 0 Å². The number of phenolic OH excluding ortho intramolecular Hbond substituents is 1. The van der Waals surface area contributed by atoms with E-state index in [1.165, 1.54) is 0 Å². The van der Waals surface area contributed by atoms with Crippen molar-refractivity contribution < 1.29 is 9.84 Å². The summed E-state index contributed by atoms with van der Waals surface area (Å²) in [5, 5.41) is 9.79. The standard InChI is InChI=1S/C12H17NO2/c1-8-5-10-6-11(14)9(3-2-4-13)7-12(10)15-8/h6-8,14H,2-5,13H2,1H3. The quantitative estimate of drug-likeness (QED) is 0.791. The van der Waals surface area contributed by atoms with Crippen LogP contribution in [0.4, 0.5) is 0 Å². The summed E-state index contributed by atoms with van der Waals surface area (Å²) >= 11 is 0. The number of rotatable bonds is 3. The minimum absolute atomic E-state index is 0.226. The third kappa shape index (κ3) is 2.07. The Labute approximate surface area is 89.9 Å². The molecule has 0 radical (unpaired) electrons. The molecule has 3 N–H and O–H groups in total. The van der Waals surface area contributed by atoms with Gasteiger partial charge in [-0.2, -0.15) is 0 Å². The molecule has 1 aliphatic rings. The summed E-state index contributed by atoms with van der Waals surface area (Å²) in [5.41, 5.74) is 7.49. The normalized spacial score (nSPS) is 18.7. The lowest BCUT2D eigenvalue weighted by Crippen LogP contribution is -2.05. The highest BCUT2D eigenvalue weighted by Crippen LogP contribution is 2.34. The van der Waals surface area contributed by atoms with E-state index in [1.807, 2.05) is 19.1 Å². The van der Waals surface area contributed by atoms with Crippen LogP contribution in [0.2, 0.25) is 0 Å². The fourth-order valence-electron chi connectivity index (χ4n) is 1.98. The Morgan fingerprint density at radius 2 is 2.33 bits per heavy atom. The number of hydrogen-bond donors (Lipinski definition) is 2. The van der Waals surface area contributed by atoms with Crippen molar-refractivity contribution in [3.8, 4) is 11.5 Å². The molecule has 0 aliphatic carbocycles. The number of phenols is 1. The fraction of sp³-hybridized carbons (Fsp3) is 0.500. The highest BCUT2D eigenvalue weighted by atomic mass is 16.5. The highest BCUT2D eigenvalue weighted by molar-refractivity contribution is 5.48. The third-order valence-corrected chi connectivity index (χ3v) is 2.75. The maximum Gasteiger partial charge on any atom is 0.123 e. The first-order valence-corrected chi connectivity index (χ1v) is 5.42. The third-order valence-electron chi connectivity index (χ3n) is 2.75. The molecule has 15 heavy (non-hydrogen) atoms. The number of nitrogens with two attached hydrogens (primary N) is 1. The van der Waals surface area contributed by atoms with Crippen LogP contribution in [0.25, 0.3) is 0 Å². The maximum atomic E-state index is 9.79. The largest absolute Gasteiger partial charge is 0.508 e. The van der Waals surface area contributed by atoms with Crippen LogP contribution in [-0.4, -0.2) is 17.8 Å². The van der Waals surface area contributed by atoms with Gasteiger partial charge in [-0.3, -0.25) is 0 Å². The molecule has 3 heteroatoms. The number of ether oxygens (including phenoxy) is 1. The molecule has 0 bridgehead atoms. The summed E-state index contributed by atoms with van der Waals surface area (Å²) in [6, 6.07) is 3.77. The SMILES string of the molecule is CC1Cc2cc(O)c(CCCN)cc2O1. The predicted molar refractivity (Wildman–Crippen MR) is 59.3 cm³/mol. The molecule has 3 nitrogen and oxygen atoms in total. The van der Waals surface area contributed by atoms with Crippen molar-refractivity contribution >= 4 is 0 Å². The zero-order chi connectivity index (χ0) is 10.8. The van der Waals surface area contributed by atoms with Crippen molar-refractivity contribution in [3.63, 3.8) is 0 Å². The van der Waals surface area contributed by atoms with Crippen molar-refractivity contribution in [2.75, 3.05) is 6.54 Å². The molecule has 0 spiro atoms. The number of fused-ring (bicyclic) bond motifs is 1. The van der Waals surface area contributed by atoms with Gasteiger partial charge < -0.3 is 15.6 Å². The van der Waals surface area contributed by atoms with Gasteiger partial charge in [0.1, 0.15) is 17.6 Å². The zero-order valence-electron chi connectivity index (χ0n) is 8.99. The topological polar surface area (TPSA) is 55.5 Å². The van der Waals surface area contributed by atoms with Crippen LogP contribution in [0.3, 0.4) is 0 Å². The second-order valence-corrected chi connectivity index (χ2v) is 4.11. The molecular formula is C12H17NO2. The van der Waals surface area contributed by atoms with Gasteiger partial charge in [-0.1, -0.05) is 0 Å². The van der Waals surface area contributed by atoms with Gasteiger partial charge in [0.05, 0.1) is 0 Å². The van der Waals surface area contributed by atoms with Gasteiger partial charge in [0.25, 0.3) is 0 Å². The highest BCUT2D eigenvalue weighted by Gasteiger charge is 2.20. The molecule has 0 saturated heterocycles. The molecule has 0 amide bonds. The van der Waals surface area contributed by atoms with Crippen LogP contribution in [0.5, 0.6) is 11.5 Å². The van der Waals surface area contributed by atoms with E-state index in [9.17, 15) is 5.11 Å². The summed E-state index contributed by atoms with van der Waals surface area (Å²) in [6.45, 7) is 2.68. The Morgan fingerprint density at radius 3 is 3.07 bits per heavy atom. The Bertz CT molecular complexity index is 363. The Balaban J connectivity index is 2.23. The van der Waals surface area contributed by atoms with Crippen LogP contribution in [0.15, 0.2) is 12.1 Å². The number of aromatic hydroxyl groups is 1. The summed E-state index contributed by atoms with van der Waals surface area (Å²) in [7, 11) is 0. The Kier molecular flexibility index (Phi) is 2.82. The van der Waals surface area contributed by atoms with E-state index >= 15 is 0 Å². The minimum atomic E-state index is 0.226.